The van der Waals surface area contributed by atoms with E-state index in [0.717, 1.165) is 9.87 Å². The molecule has 9 nitrogen and oxygen atoms in total. The number of likely N-dealkylation sites (N-methyl/N-ethyl adjacent to an activating group) is 1. The minimum atomic E-state index is -3.90. The summed E-state index contributed by atoms with van der Waals surface area (Å²) in [5.74, 6) is 0.248. The Morgan fingerprint density at radius 2 is 1.62 bits per heavy atom. The lowest BCUT2D eigenvalue weighted by Gasteiger charge is -2.18. The van der Waals surface area contributed by atoms with Gasteiger partial charge in [-0.05, 0) is 60.5 Å². The first kappa shape index (κ1) is 28.0. The van der Waals surface area contributed by atoms with E-state index in [1.165, 1.54) is 31.3 Å². The van der Waals surface area contributed by atoms with Crippen molar-refractivity contribution >= 4 is 39.1 Å². The van der Waals surface area contributed by atoms with Crippen LogP contribution in [0.4, 0.5) is 5.69 Å². The summed E-state index contributed by atoms with van der Waals surface area (Å²) in [5, 5.41) is 5.87. The highest BCUT2D eigenvalue weighted by molar-refractivity contribution is 7.89. The molecular weight excluding hydrogens is 518 g/mol. The molecule has 2 amide bonds. The van der Waals surface area contributed by atoms with E-state index in [1.54, 1.807) is 44.6 Å². The molecule has 0 unspecified atom stereocenters. The summed E-state index contributed by atoms with van der Waals surface area (Å²) in [4.78, 5) is 25.5. The Labute approximate surface area is 221 Å². The number of para-hydroxylation sites is 1. The second kappa shape index (κ2) is 12.6. The Bertz CT molecular complexity index is 1360. The first-order valence-electron chi connectivity index (χ1n) is 11.3. The Hall–Kier alpha value is -3.60. The number of methoxy groups -OCH3 is 2. The third-order valence-electron chi connectivity index (χ3n) is 5.48. The van der Waals surface area contributed by atoms with Crippen molar-refractivity contribution in [1.82, 2.24) is 9.62 Å². The van der Waals surface area contributed by atoms with Crippen LogP contribution in [0.25, 0.3) is 0 Å². The van der Waals surface area contributed by atoms with Gasteiger partial charge in [-0.1, -0.05) is 29.8 Å². The van der Waals surface area contributed by atoms with Gasteiger partial charge < -0.3 is 20.1 Å². The minimum Gasteiger partial charge on any atom is -0.493 e. The van der Waals surface area contributed by atoms with E-state index in [2.05, 4.69) is 10.6 Å². The van der Waals surface area contributed by atoms with Crippen molar-refractivity contribution in [3.63, 3.8) is 0 Å². The Kier molecular flexibility index (Phi) is 9.51. The molecule has 0 aliphatic heterocycles. The van der Waals surface area contributed by atoms with Crippen LogP contribution in [0.15, 0.2) is 71.6 Å². The predicted octanol–water partition coefficient (Wildman–Crippen LogP) is 3.59. The van der Waals surface area contributed by atoms with Crippen LogP contribution >= 0.6 is 11.6 Å². The van der Waals surface area contributed by atoms with Crippen molar-refractivity contribution in [1.29, 1.82) is 0 Å². The van der Waals surface area contributed by atoms with Gasteiger partial charge in [0.25, 0.3) is 5.91 Å². The first-order valence-corrected chi connectivity index (χ1v) is 13.1. The fourth-order valence-corrected chi connectivity index (χ4v) is 4.76. The third kappa shape index (κ3) is 7.22. The van der Waals surface area contributed by atoms with Crippen molar-refractivity contribution in [2.24, 2.45) is 0 Å². The quantitative estimate of drug-likeness (QED) is 0.380. The molecule has 3 rings (SSSR count). The second-order valence-electron chi connectivity index (χ2n) is 8.00. The van der Waals surface area contributed by atoms with E-state index >= 15 is 0 Å². The number of amides is 2. The van der Waals surface area contributed by atoms with Crippen molar-refractivity contribution in [2.45, 2.75) is 11.3 Å². The van der Waals surface area contributed by atoms with Crippen molar-refractivity contribution in [3.05, 3.63) is 82.9 Å². The van der Waals surface area contributed by atoms with Gasteiger partial charge in [-0.15, -0.1) is 0 Å². The van der Waals surface area contributed by atoms with Crippen LogP contribution in [0.5, 0.6) is 11.5 Å². The average Bonchev–Trinajstić information content (AvgIpc) is 2.88. The smallest absolute Gasteiger partial charge is 0.253 e. The molecule has 0 aliphatic carbocycles. The molecule has 0 aromatic heterocycles. The molecule has 3 aromatic rings. The molecular formula is C26H28ClN3O6S. The highest BCUT2D eigenvalue weighted by atomic mass is 35.5. The lowest BCUT2D eigenvalue weighted by molar-refractivity contribution is -0.116. The lowest BCUT2D eigenvalue weighted by atomic mass is 10.1. The second-order valence-corrected chi connectivity index (χ2v) is 10.5. The molecule has 0 saturated heterocycles. The summed E-state index contributed by atoms with van der Waals surface area (Å²) in [6.45, 7) is -0.0983. The number of nitrogens with one attached hydrogen (secondary N) is 2. The van der Waals surface area contributed by atoms with Crippen LogP contribution in [0, 0.1) is 0 Å². The summed E-state index contributed by atoms with van der Waals surface area (Å²) in [5.41, 5.74) is 1.48. The summed E-state index contributed by atoms with van der Waals surface area (Å²) >= 11 is 5.83. The zero-order valence-electron chi connectivity index (χ0n) is 20.7. The maximum absolute atomic E-state index is 12.8. The largest absolute Gasteiger partial charge is 0.493 e. The number of sulfonamides is 1. The Morgan fingerprint density at radius 1 is 0.946 bits per heavy atom. The zero-order chi connectivity index (χ0) is 27.0. The summed E-state index contributed by atoms with van der Waals surface area (Å²) in [6, 6.07) is 17.7. The molecule has 0 fully saturated rings. The van der Waals surface area contributed by atoms with Gasteiger partial charge in [0.15, 0.2) is 11.5 Å². The third-order valence-corrected chi connectivity index (χ3v) is 7.55. The van der Waals surface area contributed by atoms with Crippen LogP contribution in [0.3, 0.4) is 0 Å². The number of benzene rings is 3. The SMILES string of the molecule is COc1ccc(CCNC(=O)c2ccccc2NC(=O)CN(C)S(=O)(=O)c2ccc(Cl)cc2)cc1OC. The summed E-state index contributed by atoms with van der Waals surface area (Å²) in [6.07, 6.45) is 0.550. The number of nitrogens with zero attached hydrogens (tertiary/aromatic N) is 1. The maximum Gasteiger partial charge on any atom is 0.253 e. The standard InChI is InChI=1S/C26H28ClN3O6S/c1-30(37(33,34)20-11-9-19(27)10-12-20)17-25(31)29-22-7-5-4-6-21(22)26(32)28-15-14-18-8-13-23(35-2)24(16-18)36-3/h4-13,16H,14-15,17H2,1-3H3,(H,28,32)(H,29,31). The van der Waals surface area contributed by atoms with E-state index in [9.17, 15) is 18.0 Å². The fraction of sp³-hybridized carbons (Fsp3) is 0.231. The first-order chi connectivity index (χ1) is 17.6. The Balaban J connectivity index is 1.61. The molecule has 0 radical (unpaired) electrons. The molecule has 196 valence electrons. The normalized spacial score (nSPS) is 11.2. The van der Waals surface area contributed by atoms with Gasteiger partial charge >= 0.3 is 0 Å². The molecule has 0 spiro atoms. The topological polar surface area (TPSA) is 114 Å². The van der Waals surface area contributed by atoms with E-state index in [-0.39, 0.29) is 22.1 Å². The van der Waals surface area contributed by atoms with Gasteiger partial charge in [-0.2, -0.15) is 4.31 Å². The van der Waals surface area contributed by atoms with Crippen molar-refractivity contribution in [3.8, 4) is 11.5 Å². The van der Waals surface area contributed by atoms with Gasteiger partial charge in [0.1, 0.15) is 0 Å². The predicted molar refractivity (Wildman–Crippen MR) is 142 cm³/mol. The van der Waals surface area contributed by atoms with Gasteiger partial charge in [-0.25, -0.2) is 8.42 Å². The number of rotatable bonds is 11. The number of carbonyl (C=O) groups is 2. The highest BCUT2D eigenvalue weighted by Gasteiger charge is 2.23. The number of hydrogen-bond acceptors (Lipinski definition) is 6. The number of ether oxygens (including phenoxy) is 2. The minimum absolute atomic E-state index is 0.0152. The van der Waals surface area contributed by atoms with E-state index in [1.807, 2.05) is 12.1 Å². The van der Waals surface area contributed by atoms with Crippen molar-refractivity contribution < 1.29 is 27.5 Å². The molecule has 0 heterocycles. The van der Waals surface area contributed by atoms with E-state index in [4.69, 9.17) is 21.1 Å². The van der Waals surface area contributed by atoms with Gasteiger partial charge in [0.05, 0.1) is 36.9 Å². The van der Waals surface area contributed by atoms with Crippen LogP contribution in [0.1, 0.15) is 15.9 Å². The molecule has 0 atom stereocenters. The molecule has 11 heteroatoms. The van der Waals surface area contributed by atoms with Crippen molar-refractivity contribution in [2.75, 3.05) is 39.7 Å². The molecule has 2 N–H and O–H groups in total. The Morgan fingerprint density at radius 3 is 2.30 bits per heavy atom. The molecule has 0 bridgehead atoms. The number of hydrogen-bond donors (Lipinski definition) is 2. The van der Waals surface area contributed by atoms with E-state index < -0.39 is 22.5 Å². The van der Waals surface area contributed by atoms with Gasteiger partial charge in [0, 0.05) is 18.6 Å². The highest BCUT2D eigenvalue weighted by Crippen LogP contribution is 2.27. The molecule has 3 aromatic carbocycles. The average molecular weight is 546 g/mol. The van der Waals surface area contributed by atoms with E-state index in [0.29, 0.717) is 29.5 Å². The molecule has 0 aliphatic rings. The number of anilines is 1. The number of halogens is 1. The maximum atomic E-state index is 12.8. The van der Waals surface area contributed by atoms with Gasteiger partial charge in [-0.3, -0.25) is 9.59 Å². The fourth-order valence-electron chi connectivity index (χ4n) is 3.51. The summed E-state index contributed by atoms with van der Waals surface area (Å²) in [7, 11) is 0.517. The number of carbonyl (C=O) groups excluding carboxylic acids is 2. The van der Waals surface area contributed by atoms with Crippen LogP contribution in [-0.2, 0) is 21.2 Å². The van der Waals surface area contributed by atoms with Crippen LogP contribution < -0.4 is 20.1 Å². The molecule has 0 saturated carbocycles. The zero-order valence-corrected chi connectivity index (χ0v) is 22.2. The van der Waals surface area contributed by atoms with Crippen LogP contribution in [-0.4, -0.2) is 58.9 Å². The monoisotopic (exact) mass is 545 g/mol. The lowest BCUT2D eigenvalue weighted by Crippen LogP contribution is -2.35. The molecule has 37 heavy (non-hydrogen) atoms. The summed E-state index contributed by atoms with van der Waals surface area (Å²) < 4.78 is 37.0. The van der Waals surface area contributed by atoms with Crippen LogP contribution in [0.2, 0.25) is 5.02 Å². The van der Waals surface area contributed by atoms with Gasteiger partial charge in [0.2, 0.25) is 15.9 Å².